The van der Waals surface area contributed by atoms with Crippen LogP contribution >= 0.6 is 0 Å². The van der Waals surface area contributed by atoms with Gasteiger partial charge in [0.2, 0.25) is 5.91 Å². The molecule has 0 saturated carbocycles. The number of nitrogens with one attached hydrogen (secondary N) is 1. The van der Waals surface area contributed by atoms with Crippen LogP contribution in [0, 0.1) is 5.82 Å². The molecule has 2 aliphatic heterocycles. The molecule has 3 N–H and O–H groups in total. The fraction of sp³-hybridized carbons (Fsp3) is 0.478. The first-order chi connectivity index (χ1) is 15.5. The molecule has 1 aromatic carbocycles. The van der Waals surface area contributed by atoms with Crippen LogP contribution < -0.4 is 10.2 Å². The van der Waals surface area contributed by atoms with Crippen LogP contribution in [0.25, 0.3) is 0 Å². The molecule has 2 fully saturated rings. The lowest BCUT2D eigenvalue weighted by atomic mass is 10.0. The number of ether oxygens (including phenoxy) is 1. The molecule has 32 heavy (non-hydrogen) atoms. The number of halogens is 1. The molecule has 1 amide bonds. The molecular weight excluding hydrogens is 415 g/mol. The third-order valence-corrected chi connectivity index (χ3v) is 6.04. The van der Waals surface area contributed by atoms with Gasteiger partial charge < -0.3 is 30.1 Å². The number of carbonyl (C=O) groups excluding carboxylic acids is 1. The second kappa shape index (κ2) is 10.4. The van der Waals surface area contributed by atoms with Gasteiger partial charge in [-0.3, -0.25) is 9.78 Å². The summed E-state index contributed by atoms with van der Waals surface area (Å²) in [5, 5.41) is 23.9. The Balaban J connectivity index is 1.23. The number of aliphatic hydroxyl groups is 2. The zero-order valence-corrected chi connectivity index (χ0v) is 17.8. The highest BCUT2D eigenvalue weighted by atomic mass is 19.1. The highest BCUT2D eigenvalue weighted by molar-refractivity contribution is 5.77. The number of hydrogen-bond donors (Lipinski definition) is 3. The lowest BCUT2D eigenvalue weighted by Crippen LogP contribution is -2.49. The molecule has 0 unspecified atom stereocenters. The third kappa shape index (κ3) is 5.42. The topological polar surface area (TPSA) is 98.2 Å². The molecule has 0 radical (unpaired) electrons. The quantitative estimate of drug-likeness (QED) is 0.573. The predicted molar refractivity (Wildman–Crippen MR) is 116 cm³/mol. The fourth-order valence-corrected chi connectivity index (χ4v) is 4.18. The smallest absolute Gasteiger partial charge is 0.225 e. The maximum Gasteiger partial charge on any atom is 0.225 e. The van der Waals surface area contributed by atoms with Crippen LogP contribution in [0.4, 0.5) is 10.1 Å². The normalized spacial score (nSPS) is 25.8. The van der Waals surface area contributed by atoms with Gasteiger partial charge in [-0.1, -0.05) is 6.07 Å². The van der Waals surface area contributed by atoms with Gasteiger partial charge in [0.1, 0.15) is 18.0 Å². The molecule has 2 aliphatic rings. The van der Waals surface area contributed by atoms with Crippen molar-refractivity contribution < 1.29 is 24.1 Å². The molecule has 2 aromatic rings. The SMILES string of the molecule is O=C(C[C@@H]1O[C@@H](CNCc2ccccn2)[C@@H](O)[C@H]1O)N1CCN(c2ccc(F)cc2)CC1. The van der Waals surface area contributed by atoms with Crippen molar-refractivity contribution in [2.24, 2.45) is 0 Å². The molecule has 1 aromatic heterocycles. The number of nitrogens with zero attached hydrogens (tertiary/aromatic N) is 3. The Labute approximate surface area is 186 Å². The molecule has 9 heteroatoms. The molecule has 0 bridgehead atoms. The van der Waals surface area contributed by atoms with Crippen molar-refractivity contribution in [3.63, 3.8) is 0 Å². The summed E-state index contributed by atoms with van der Waals surface area (Å²) in [7, 11) is 0. The van der Waals surface area contributed by atoms with Gasteiger partial charge >= 0.3 is 0 Å². The minimum atomic E-state index is -1.11. The van der Waals surface area contributed by atoms with Gasteiger partial charge in [-0.2, -0.15) is 0 Å². The van der Waals surface area contributed by atoms with Crippen LogP contribution in [0.3, 0.4) is 0 Å². The van der Waals surface area contributed by atoms with Crippen molar-refractivity contribution >= 4 is 11.6 Å². The summed E-state index contributed by atoms with van der Waals surface area (Å²) in [5.74, 6) is -0.382. The summed E-state index contributed by atoms with van der Waals surface area (Å²) in [5.41, 5.74) is 1.80. The van der Waals surface area contributed by atoms with E-state index in [1.165, 1.54) is 12.1 Å². The molecule has 172 valence electrons. The maximum atomic E-state index is 13.1. The van der Waals surface area contributed by atoms with E-state index in [2.05, 4.69) is 15.2 Å². The zero-order chi connectivity index (χ0) is 22.5. The second-order valence-corrected chi connectivity index (χ2v) is 8.19. The number of rotatable bonds is 7. The highest BCUT2D eigenvalue weighted by Crippen LogP contribution is 2.25. The molecule has 0 spiro atoms. The number of benzene rings is 1. The average Bonchev–Trinajstić information content (AvgIpc) is 3.08. The van der Waals surface area contributed by atoms with E-state index in [0.29, 0.717) is 39.3 Å². The lowest BCUT2D eigenvalue weighted by Gasteiger charge is -2.36. The maximum absolute atomic E-state index is 13.1. The van der Waals surface area contributed by atoms with Crippen molar-refractivity contribution in [2.75, 3.05) is 37.6 Å². The first-order valence-corrected chi connectivity index (χ1v) is 10.9. The van der Waals surface area contributed by atoms with E-state index in [1.54, 1.807) is 23.2 Å². The van der Waals surface area contributed by atoms with E-state index in [-0.39, 0.29) is 18.1 Å². The van der Waals surface area contributed by atoms with E-state index in [0.717, 1.165) is 11.4 Å². The van der Waals surface area contributed by atoms with Gasteiger partial charge in [-0.05, 0) is 36.4 Å². The summed E-state index contributed by atoms with van der Waals surface area (Å²) in [4.78, 5) is 20.8. The standard InChI is InChI=1S/C23H29FN4O4/c24-16-4-6-18(7-5-16)27-9-11-28(12-10-27)21(29)13-19-22(30)23(31)20(32-19)15-25-14-17-3-1-2-8-26-17/h1-8,19-20,22-23,25,30-31H,9-15H2/t19-,20-,22-,23+/m0/s1. The van der Waals surface area contributed by atoms with Crippen LogP contribution in [0.5, 0.6) is 0 Å². The summed E-state index contributed by atoms with van der Waals surface area (Å²) >= 11 is 0. The van der Waals surface area contributed by atoms with E-state index in [9.17, 15) is 19.4 Å². The van der Waals surface area contributed by atoms with Crippen molar-refractivity contribution in [3.05, 3.63) is 60.2 Å². The molecule has 3 heterocycles. The van der Waals surface area contributed by atoms with Crippen LogP contribution in [-0.2, 0) is 16.1 Å². The highest BCUT2D eigenvalue weighted by Gasteiger charge is 2.43. The van der Waals surface area contributed by atoms with Crippen molar-refractivity contribution in [3.8, 4) is 0 Å². The van der Waals surface area contributed by atoms with Gasteiger partial charge in [0.15, 0.2) is 0 Å². The van der Waals surface area contributed by atoms with E-state index in [1.807, 2.05) is 18.2 Å². The first kappa shape index (κ1) is 22.6. The van der Waals surface area contributed by atoms with Crippen molar-refractivity contribution in [1.29, 1.82) is 0 Å². The Kier molecular flexibility index (Phi) is 7.31. The summed E-state index contributed by atoms with van der Waals surface area (Å²) in [6.07, 6.45) is -1.77. The number of aromatic nitrogens is 1. The number of hydrogen-bond acceptors (Lipinski definition) is 7. The van der Waals surface area contributed by atoms with E-state index < -0.39 is 24.4 Å². The van der Waals surface area contributed by atoms with Crippen molar-refractivity contribution in [2.45, 2.75) is 37.4 Å². The molecule has 0 aliphatic carbocycles. The number of anilines is 1. The van der Waals surface area contributed by atoms with Crippen molar-refractivity contribution in [1.82, 2.24) is 15.2 Å². The Morgan fingerprint density at radius 3 is 2.47 bits per heavy atom. The monoisotopic (exact) mass is 444 g/mol. The molecule has 8 nitrogen and oxygen atoms in total. The second-order valence-electron chi connectivity index (χ2n) is 8.19. The minimum Gasteiger partial charge on any atom is -0.388 e. The summed E-state index contributed by atoms with van der Waals surface area (Å²) in [6, 6.07) is 12.0. The predicted octanol–water partition coefficient (Wildman–Crippen LogP) is 0.538. The molecular formula is C23H29FN4O4. The number of aliphatic hydroxyl groups excluding tert-OH is 2. The Hall–Kier alpha value is -2.59. The number of piperazine rings is 1. The average molecular weight is 445 g/mol. The largest absolute Gasteiger partial charge is 0.388 e. The molecule has 4 rings (SSSR count). The van der Waals surface area contributed by atoms with Crippen LogP contribution in [-0.4, -0.2) is 83.1 Å². The Morgan fingerprint density at radius 2 is 1.78 bits per heavy atom. The Bertz CT molecular complexity index is 877. The van der Waals surface area contributed by atoms with E-state index in [4.69, 9.17) is 4.74 Å². The van der Waals surface area contributed by atoms with Gasteiger partial charge in [0.05, 0.1) is 24.3 Å². The fourth-order valence-electron chi connectivity index (χ4n) is 4.18. The lowest BCUT2D eigenvalue weighted by molar-refractivity contribution is -0.135. The number of carbonyl (C=O) groups is 1. The van der Waals surface area contributed by atoms with E-state index >= 15 is 0 Å². The van der Waals surface area contributed by atoms with Gasteiger partial charge in [-0.15, -0.1) is 0 Å². The third-order valence-electron chi connectivity index (χ3n) is 6.04. The first-order valence-electron chi connectivity index (χ1n) is 10.9. The van der Waals surface area contributed by atoms with Gasteiger partial charge in [0.25, 0.3) is 0 Å². The molecule has 4 atom stereocenters. The zero-order valence-electron chi connectivity index (χ0n) is 17.8. The Morgan fingerprint density at radius 1 is 1.06 bits per heavy atom. The van der Waals surface area contributed by atoms with Crippen LogP contribution in [0.2, 0.25) is 0 Å². The summed E-state index contributed by atoms with van der Waals surface area (Å²) in [6.45, 7) is 3.23. The van der Waals surface area contributed by atoms with Crippen LogP contribution in [0.15, 0.2) is 48.7 Å². The number of amides is 1. The summed E-state index contributed by atoms with van der Waals surface area (Å²) < 4.78 is 18.9. The minimum absolute atomic E-state index is 0.0194. The molecule has 2 saturated heterocycles. The van der Waals surface area contributed by atoms with Gasteiger partial charge in [0, 0.05) is 51.2 Å². The number of pyridine rings is 1. The van der Waals surface area contributed by atoms with Crippen LogP contribution in [0.1, 0.15) is 12.1 Å². The van der Waals surface area contributed by atoms with Gasteiger partial charge in [-0.25, -0.2) is 4.39 Å².